The van der Waals surface area contributed by atoms with Gasteiger partial charge in [0.25, 0.3) is 5.91 Å². The van der Waals surface area contributed by atoms with E-state index in [1.54, 1.807) is 18.2 Å². The molecule has 0 bridgehead atoms. The molecule has 3 aromatic rings. The van der Waals surface area contributed by atoms with Gasteiger partial charge in [0.2, 0.25) is 0 Å². The summed E-state index contributed by atoms with van der Waals surface area (Å²) in [6, 6.07) is 13.9. The van der Waals surface area contributed by atoms with Crippen LogP contribution in [0.2, 0.25) is 0 Å². The average Bonchev–Trinajstić information content (AvgIpc) is 3.21. The Bertz CT molecular complexity index is 1010. The number of aromatic nitrogens is 2. The molecule has 0 aliphatic heterocycles. The molecule has 0 aliphatic carbocycles. The third-order valence-electron chi connectivity index (χ3n) is 3.95. The van der Waals surface area contributed by atoms with Crippen molar-refractivity contribution in [3.8, 4) is 28.5 Å². The molecular weight excluding hydrogens is 372 g/mol. The van der Waals surface area contributed by atoms with E-state index >= 15 is 0 Å². The molecular formula is C21H22N4O4. The zero-order valence-electron chi connectivity index (χ0n) is 16.2. The van der Waals surface area contributed by atoms with E-state index in [1.807, 2.05) is 38.1 Å². The number of hydrogen-bond acceptors (Lipinski definition) is 6. The number of para-hydroxylation sites is 1. The summed E-state index contributed by atoms with van der Waals surface area (Å²) in [5.74, 6) is 0.668. The number of benzene rings is 2. The summed E-state index contributed by atoms with van der Waals surface area (Å²) < 4.78 is 10.9. The van der Waals surface area contributed by atoms with Gasteiger partial charge in [0.1, 0.15) is 11.4 Å². The highest BCUT2D eigenvalue weighted by molar-refractivity contribution is 5.94. The average molecular weight is 394 g/mol. The third kappa shape index (κ3) is 4.92. The number of carbonyl (C=O) groups is 1. The number of hydrogen-bond donors (Lipinski definition) is 3. The molecule has 8 nitrogen and oxygen atoms in total. The molecule has 0 atom stereocenters. The van der Waals surface area contributed by atoms with Crippen LogP contribution in [-0.2, 0) is 0 Å². The van der Waals surface area contributed by atoms with E-state index in [0.29, 0.717) is 36.0 Å². The van der Waals surface area contributed by atoms with E-state index in [0.717, 1.165) is 5.56 Å². The quantitative estimate of drug-likeness (QED) is 0.401. The van der Waals surface area contributed by atoms with E-state index in [1.165, 1.54) is 12.3 Å². The van der Waals surface area contributed by atoms with Gasteiger partial charge in [0.15, 0.2) is 11.5 Å². The van der Waals surface area contributed by atoms with Gasteiger partial charge in [-0.1, -0.05) is 12.1 Å². The largest absolute Gasteiger partial charge is 0.504 e. The molecule has 1 amide bonds. The van der Waals surface area contributed by atoms with Crippen molar-refractivity contribution in [3.05, 3.63) is 59.8 Å². The number of carbonyl (C=O) groups excluding carboxylic acids is 1. The van der Waals surface area contributed by atoms with Crippen LogP contribution in [0.3, 0.4) is 0 Å². The molecule has 1 heterocycles. The summed E-state index contributed by atoms with van der Waals surface area (Å²) in [5.41, 5.74) is 4.77. The minimum absolute atomic E-state index is 0.0466. The molecule has 0 saturated heterocycles. The number of hydrazone groups is 1. The standard InChI is InChI=1S/C21H22N4O4/c1-3-28-19-8-6-5-7-15(19)16-12-17(24-23-16)21(27)25-22-13-14-9-10-18(26)20(11-14)29-4-2/h5-13,26H,3-4H2,1-2H3,(H,23,24)(H,25,27)/b22-13+. The number of H-pyrrole nitrogens is 1. The normalized spacial score (nSPS) is 10.8. The molecule has 0 fully saturated rings. The molecule has 150 valence electrons. The molecule has 0 saturated carbocycles. The monoisotopic (exact) mass is 394 g/mol. The fraction of sp³-hybridized carbons (Fsp3) is 0.190. The number of rotatable bonds is 8. The molecule has 0 unspecified atom stereocenters. The predicted octanol–water partition coefficient (Wildman–Crippen LogP) is 3.34. The lowest BCUT2D eigenvalue weighted by molar-refractivity contribution is 0.0950. The summed E-state index contributed by atoms with van der Waals surface area (Å²) >= 11 is 0. The topological polar surface area (TPSA) is 109 Å². The van der Waals surface area contributed by atoms with Crippen molar-refractivity contribution < 1.29 is 19.4 Å². The Kier molecular flexibility index (Phi) is 6.47. The number of phenols is 1. The molecule has 29 heavy (non-hydrogen) atoms. The third-order valence-corrected chi connectivity index (χ3v) is 3.95. The van der Waals surface area contributed by atoms with Crippen molar-refractivity contribution in [3.63, 3.8) is 0 Å². The SMILES string of the molecule is CCOc1cc(/C=N/NC(=O)c2cc(-c3ccccc3OCC)n[nH]2)ccc1O. The second kappa shape index (κ2) is 9.41. The highest BCUT2D eigenvalue weighted by atomic mass is 16.5. The highest BCUT2D eigenvalue weighted by Gasteiger charge is 2.13. The van der Waals surface area contributed by atoms with Crippen molar-refractivity contribution >= 4 is 12.1 Å². The number of ether oxygens (including phenoxy) is 2. The predicted molar refractivity (Wildman–Crippen MR) is 110 cm³/mol. The summed E-state index contributed by atoms with van der Waals surface area (Å²) in [7, 11) is 0. The summed E-state index contributed by atoms with van der Waals surface area (Å²) in [4.78, 5) is 12.3. The molecule has 2 aromatic carbocycles. The summed E-state index contributed by atoms with van der Waals surface area (Å²) in [6.07, 6.45) is 1.46. The second-order valence-electron chi connectivity index (χ2n) is 5.96. The number of phenolic OH excluding ortho intramolecular Hbond substituents is 1. The summed E-state index contributed by atoms with van der Waals surface area (Å²) in [5, 5.41) is 20.6. The van der Waals surface area contributed by atoms with Crippen LogP contribution in [-0.4, -0.2) is 40.6 Å². The van der Waals surface area contributed by atoms with Crippen LogP contribution >= 0.6 is 0 Å². The number of aromatic hydroxyl groups is 1. The molecule has 0 spiro atoms. The van der Waals surface area contributed by atoms with Crippen LogP contribution in [0.5, 0.6) is 17.2 Å². The van der Waals surface area contributed by atoms with E-state index in [2.05, 4.69) is 20.7 Å². The maximum Gasteiger partial charge on any atom is 0.289 e. The number of amides is 1. The molecule has 0 aliphatic rings. The van der Waals surface area contributed by atoms with E-state index in [4.69, 9.17) is 9.47 Å². The van der Waals surface area contributed by atoms with Crippen LogP contribution in [0.4, 0.5) is 0 Å². The van der Waals surface area contributed by atoms with Gasteiger partial charge < -0.3 is 14.6 Å². The Morgan fingerprint density at radius 1 is 1.14 bits per heavy atom. The molecule has 3 rings (SSSR count). The minimum atomic E-state index is -0.433. The lowest BCUT2D eigenvalue weighted by Crippen LogP contribution is -2.18. The van der Waals surface area contributed by atoms with Gasteiger partial charge in [0, 0.05) is 5.56 Å². The lowest BCUT2D eigenvalue weighted by atomic mass is 10.1. The second-order valence-corrected chi connectivity index (χ2v) is 5.96. The first-order chi connectivity index (χ1) is 14.1. The molecule has 1 aromatic heterocycles. The highest BCUT2D eigenvalue weighted by Crippen LogP contribution is 2.29. The number of aromatic amines is 1. The number of nitrogens with zero attached hydrogens (tertiary/aromatic N) is 2. The van der Waals surface area contributed by atoms with Crippen molar-refractivity contribution in [1.29, 1.82) is 0 Å². The Hall–Kier alpha value is -3.81. The Balaban J connectivity index is 1.68. The Morgan fingerprint density at radius 2 is 1.90 bits per heavy atom. The van der Waals surface area contributed by atoms with Gasteiger partial charge >= 0.3 is 0 Å². The van der Waals surface area contributed by atoms with Crippen LogP contribution in [0.1, 0.15) is 29.9 Å². The van der Waals surface area contributed by atoms with Gasteiger partial charge in [-0.25, -0.2) is 5.43 Å². The first-order valence-corrected chi connectivity index (χ1v) is 9.19. The van der Waals surface area contributed by atoms with E-state index < -0.39 is 5.91 Å². The van der Waals surface area contributed by atoms with Crippen LogP contribution in [0.25, 0.3) is 11.3 Å². The minimum Gasteiger partial charge on any atom is -0.504 e. The van der Waals surface area contributed by atoms with E-state index in [-0.39, 0.29) is 11.4 Å². The first kappa shape index (κ1) is 19.9. The van der Waals surface area contributed by atoms with Crippen molar-refractivity contribution in [2.75, 3.05) is 13.2 Å². The maximum absolute atomic E-state index is 12.3. The molecule has 3 N–H and O–H groups in total. The fourth-order valence-electron chi connectivity index (χ4n) is 2.64. The summed E-state index contributed by atoms with van der Waals surface area (Å²) in [6.45, 7) is 4.70. The number of nitrogens with one attached hydrogen (secondary N) is 2. The zero-order chi connectivity index (χ0) is 20.6. The Labute approximate surface area is 168 Å². The van der Waals surface area contributed by atoms with E-state index in [9.17, 15) is 9.90 Å². The lowest BCUT2D eigenvalue weighted by Gasteiger charge is -2.07. The van der Waals surface area contributed by atoms with Crippen LogP contribution in [0.15, 0.2) is 53.6 Å². The zero-order valence-corrected chi connectivity index (χ0v) is 16.2. The van der Waals surface area contributed by atoms with Gasteiger partial charge in [0.05, 0.1) is 25.1 Å². The van der Waals surface area contributed by atoms with Crippen molar-refractivity contribution in [2.24, 2.45) is 5.10 Å². The first-order valence-electron chi connectivity index (χ1n) is 9.19. The van der Waals surface area contributed by atoms with Gasteiger partial charge in [-0.05, 0) is 55.8 Å². The van der Waals surface area contributed by atoms with Crippen LogP contribution < -0.4 is 14.9 Å². The van der Waals surface area contributed by atoms with Gasteiger partial charge in [-0.3, -0.25) is 9.89 Å². The molecule has 0 radical (unpaired) electrons. The maximum atomic E-state index is 12.3. The van der Waals surface area contributed by atoms with Gasteiger partial charge in [-0.15, -0.1) is 0 Å². The Morgan fingerprint density at radius 3 is 2.69 bits per heavy atom. The van der Waals surface area contributed by atoms with Gasteiger partial charge in [-0.2, -0.15) is 10.2 Å². The van der Waals surface area contributed by atoms with Crippen molar-refractivity contribution in [2.45, 2.75) is 13.8 Å². The smallest absolute Gasteiger partial charge is 0.289 e. The molecule has 8 heteroatoms. The van der Waals surface area contributed by atoms with Crippen LogP contribution in [0, 0.1) is 0 Å². The van der Waals surface area contributed by atoms with Crippen molar-refractivity contribution in [1.82, 2.24) is 15.6 Å². The fourth-order valence-corrected chi connectivity index (χ4v) is 2.64.